The summed E-state index contributed by atoms with van der Waals surface area (Å²) in [7, 11) is 1.98. The predicted molar refractivity (Wildman–Crippen MR) is 128 cm³/mol. The van der Waals surface area contributed by atoms with E-state index in [1.807, 2.05) is 13.1 Å². The van der Waals surface area contributed by atoms with E-state index in [1.165, 1.54) is 13.8 Å². The first-order valence-electron chi connectivity index (χ1n) is 12.5. The number of phenolic OH excluding ortho intramolecular Hbond substituents is 1. The minimum atomic E-state index is -1.23. The van der Waals surface area contributed by atoms with Gasteiger partial charge in [0.25, 0.3) is 0 Å². The van der Waals surface area contributed by atoms with Crippen LogP contribution in [0.3, 0.4) is 0 Å². The van der Waals surface area contributed by atoms with Crippen molar-refractivity contribution in [1.29, 1.82) is 0 Å². The van der Waals surface area contributed by atoms with E-state index >= 15 is 0 Å². The van der Waals surface area contributed by atoms with E-state index in [4.69, 9.17) is 14.2 Å². The number of benzene rings is 1. The molecule has 4 N–H and O–H groups in total. The molecule has 1 fully saturated rings. The predicted octanol–water partition coefficient (Wildman–Crippen LogP) is 0.0319. The molecule has 2 heterocycles. The molecular formula is C26H32N2O9. The van der Waals surface area contributed by atoms with E-state index in [0.29, 0.717) is 25.1 Å². The second kappa shape index (κ2) is 9.00. The number of carbonyl (C=O) groups excluding carboxylic acids is 3. The van der Waals surface area contributed by atoms with Crippen LogP contribution < -0.4 is 10.1 Å². The maximum atomic E-state index is 12.9. The maximum Gasteiger partial charge on any atom is 0.352 e. The van der Waals surface area contributed by atoms with Crippen molar-refractivity contribution in [2.24, 2.45) is 0 Å². The lowest BCUT2D eigenvalue weighted by Crippen LogP contribution is -2.74. The monoisotopic (exact) mass is 516 g/mol. The molecule has 0 saturated carbocycles. The van der Waals surface area contributed by atoms with Gasteiger partial charge in [0.1, 0.15) is 11.9 Å². The van der Waals surface area contributed by atoms with E-state index in [-0.39, 0.29) is 36.9 Å². The summed E-state index contributed by atoms with van der Waals surface area (Å²) in [5, 5.41) is 34.3. The summed E-state index contributed by atoms with van der Waals surface area (Å²) in [5.74, 6) is -1.64. The number of hydrogen-bond acceptors (Lipinski definition) is 10. The Hall–Kier alpha value is -3.15. The standard InChI is InChI=1S/C26H32N2O9/c1-13(29)23(32)27-10-7-19(31)35-14(2)24(33)36-17-6-8-26(34)18-12-15-4-5-16(30)21-20(15)25(26,22(17)37-21)9-11-28(18)3/h4-6,13-14,18,22,29-30,34H,7-12H2,1-3H3,(H,27,32)/t13-,14-,18?,22-,25-,26-/m0/s1. The SMILES string of the molecule is C[C@H](O)C(=O)NCCC(=O)O[C@@H](C)C(=O)OC1=CC[C@]2(O)C3Cc4ccc(O)c5c4[C@@]2(CCN3C)[C@H]1O5. The Kier molecular flexibility index (Phi) is 6.20. The second-order valence-electron chi connectivity index (χ2n) is 10.4. The average molecular weight is 517 g/mol. The highest BCUT2D eigenvalue weighted by Crippen LogP contribution is 2.65. The molecule has 2 aliphatic heterocycles. The number of aliphatic hydroxyl groups excluding tert-OH is 1. The van der Waals surface area contributed by atoms with E-state index in [1.54, 1.807) is 12.1 Å². The summed E-state index contributed by atoms with van der Waals surface area (Å²) in [5.41, 5.74) is -0.293. The fraction of sp³-hybridized carbons (Fsp3) is 0.577. The van der Waals surface area contributed by atoms with Gasteiger partial charge in [-0.25, -0.2) is 4.79 Å². The zero-order valence-electron chi connectivity index (χ0n) is 21.0. The number of nitrogens with one attached hydrogen (secondary N) is 1. The van der Waals surface area contributed by atoms with E-state index in [9.17, 15) is 29.7 Å². The van der Waals surface area contributed by atoms with Gasteiger partial charge in [-0.1, -0.05) is 6.07 Å². The highest BCUT2D eigenvalue weighted by molar-refractivity contribution is 5.82. The molecule has 0 radical (unpaired) electrons. The van der Waals surface area contributed by atoms with Crippen molar-refractivity contribution in [2.45, 2.75) is 74.9 Å². The van der Waals surface area contributed by atoms with E-state index < -0.39 is 47.2 Å². The number of ether oxygens (including phenoxy) is 3. The minimum Gasteiger partial charge on any atom is -0.504 e. The van der Waals surface area contributed by atoms with Crippen molar-refractivity contribution < 1.29 is 43.9 Å². The molecular weight excluding hydrogens is 484 g/mol. The summed E-state index contributed by atoms with van der Waals surface area (Å²) in [6.07, 6.45) is -0.402. The Bertz CT molecular complexity index is 1180. The average Bonchev–Trinajstić information content (AvgIpc) is 3.20. The van der Waals surface area contributed by atoms with Gasteiger partial charge in [-0.05, 0) is 58.0 Å². The molecule has 11 nitrogen and oxygen atoms in total. The van der Waals surface area contributed by atoms with Crippen LogP contribution in [0.2, 0.25) is 0 Å². The van der Waals surface area contributed by atoms with Crippen LogP contribution >= 0.6 is 0 Å². The van der Waals surface area contributed by atoms with Gasteiger partial charge in [0, 0.05) is 24.6 Å². The Balaban J connectivity index is 1.33. The molecule has 37 heavy (non-hydrogen) atoms. The Morgan fingerprint density at radius 1 is 1.30 bits per heavy atom. The van der Waals surface area contributed by atoms with Crippen molar-refractivity contribution in [3.63, 3.8) is 0 Å². The normalized spacial score (nSPS) is 30.8. The highest BCUT2D eigenvalue weighted by atomic mass is 16.6. The number of phenols is 1. The first-order valence-corrected chi connectivity index (χ1v) is 12.5. The number of piperidine rings is 1. The third-order valence-corrected chi connectivity index (χ3v) is 8.22. The summed E-state index contributed by atoms with van der Waals surface area (Å²) >= 11 is 0. The number of hydrogen-bond donors (Lipinski definition) is 4. The lowest BCUT2D eigenvalue weighted by atomic mass is 9.50. The molecule has 5 rings (SSSR count). The van der Waals surface area contributed by atoms with Gasteiger partial charge < -0.3 is 39.7 Å². The molecule has 2 aliphatic carbocycles. The van der Waals surface area contributed by atoms with E-state index in [0.717, 1.165) is 11.1 Å². The van der Waals surface area contributed by atoms with Crippen LogP contribution in [-0.2, 0) is 35.7 Å². The van der Waals surface area contributed by atoms with Gasteiger partial charge in [-0.15, -0.1) is 0 Å². The zero-order chi connectivity index (χ0) is 26.7. The maximum absolute atomic E-state index is 12.9. The molecule has 4 aliphatic rings. The summed E-state index contributed by atoms with van der Waals surface area (Å²) in [4.78, 5) is 38.6. The van der Waals surface area contributed by atoms with Gasteiger partial charge in [0.2, 0.25) is 5.91 Å². The summed E-state index contributed by atoms with van der Waals surface area (Å²) in [6, 6.07) is 3.28. The van der Waals surface area contributed by atoms with Crippen LogP contribution in [0.1, 0.15) is 44.2 Å². The lowest BCUT2D eigenvalue weighted by Gasteiger charge is -2.61. The largest absolute Gasteiger partial charge is 0.504 e. The zero-order valence-corrected chi connectivity index (χ0v) is 21.0. The van der Waals surface area contributed by atoms with Gasteiger partial charge in [0.15, 0.2) is 23.7 Å². The van der Waals surface area contributed by atoms with Gasteiger partial charge >= 0.3 is 11.9 Å². The number of carbonyl (C=O) groups is 3. The minimum absolute atomic E-state index is 0.0297. The van der Waals surface area contributed by atoms with Crippen molar-refractivity contribution in [3.05, 3.63) is 35.1 Å². The fourth-order valence-electron chi connectivity index (χ4n) is 6.38. The van der Waals surface area contributed by atoms with Gasteiger partial charge in [-0.3, -0.25) is 9.59 Å². The van der Waals surface area contributed by atoms with Gasteiger partial charge in [0.05, 0.1) is 17.4 Å². The number of likely N-dealkylation sites (N-methyl/N-ethyl adjacent to an activating group) is 1. The van der Waals surface area contributed by atoms with Crippen LogP contribution in [0, 0.1) is 0 Å². The van der Waals surface area contributed by atoms with Crippen LogP contribution in [0.25, 0.3) is 0 Å². The topological polar surface area (TPSA) is 155 Å². The van der Waals surface area contributed by atoms with Crippen LogP contribution in [-0.4, -0.2) is 88.2 Å². The Labute approximate surface area is 214 Å². The van der Waals surface area contributed by atoms with Crippen LogP contribution in [0.15, 0.2) is 24.0 Å². The lowest BCUT2D eigenvalue weighted by molar-refractivity contribution is -0.175. The molecule has 2 bridgehead atoms. The molecule has 6 atom stereocenters. The Morgan fingerprint density at radius 2 is 2.05 bits per heavy atom. The van der Waals surface area contributed by atoms with Crippen molar-refractivity contribution >= 4 is 17.8 Å². The van der Waals surface area contributed by atoms with E-state index in [2.05, 4.69) is 10.2 Å². The molecule has 1 spiro atoms. The summed E-state index contributed by atoms with van der Waals surface area (Å²) in [6.45, 7) is 3.33. The molecule has 1 saturated heterocycles. The molecule has 200 valence electrons. The molecule has 11 heteroatoms. The number of amides is 1. The number of aliphatic hydroxyl groups is 2. The first kappa shape index (κ1) is 25.5. The second-order valence-corrected chi connectivity index (χ2v) is 10.4. The first-order chi connectivity index (χ1) is 17.5. The molecule has 1 unspecified atom stereocenters. The number of nitrogens with zero attached hydrogens (tertiary/aromatic N) is 1. The van der Waals surface area contributed by atoms with Crippen molar-refractivity contribution in [3.8, 4) is 11.5 Å². The third-order valence-electron chi connectivity index (χ3n) is 8.22. The molecule has 1 amide bonds. The van der Waals surface area contributed by atoms with Crippen molar-refractivity contribution in [1.82, 2.24) is 10.2 Å². The third kappa shape index (κ3) is 3.79. The smallest absolute Gasteiger partial charge is 0.352 e. The highest BCUT2D eigenvalue weighted by Gasteiger charge is 2.72. The summed E-state index contributed by atoms with van der Waals surface area (Å²) < 4.78 is 17.1. The molecule has 1 aromatic rings. The number of aromatic hydroxyl groups is 1. The Morgan fingerprint density at radius 3 is 2.78 bits per heavy atom. The molecule has 1 aromatic carbocycles. The molecule has 0 aromatic heterocycles. The number of esters is 2. The van der Waals surface area contributed by atoms with Crippen molar-refractivity contribution in [2.75, 3.05) is 20.1 Å². The number of rotatable bonds is 7. The fourth-order valence-corrected chi connectivity index (χ4v) is 6.38. The van der Waals surface area contributed by atoms with Gasteiger partial charge in [-0.2, -0.15) is 0 Å². The van der Waals surface area contributed by atoms with Crippen LogP contribution in [0.4, 0.5) is 0 Å². The quantitative estimate of drug-likeness (QED) is 0.365. The van der Waals surface area contributed by atoms with Crippen LogP contribution in [0.5, 0.6) is 11.5 Å². The number of likely N-dealkylation sites (tertiary alicyclic amines) is 1.